The van der Waals surface area contributed by atoms with Crippen molar-refractivity contribution in [2.24, 2.45) is 0 Å². The van der Waals surface area contributed by atoms with Crippen molar-refractivity contribution in [3.63, 3.8) is 0 Å². The van der Waals surface area contributed by atoms with Crippen LogP contribution in [0.4, 0.5) is 5.69 Å². The average molecular weight is 431 g/mol. The minimum absolute atomic E-state index is 0.234. The fraction of sp³-hybridized carbons (Fsp3) is 0.111. The van der Waals surface area contributed by atoms with E-state index in [0.717, 1.165) is 57.9 Å². The van der Waals surface area contributed by atoms with Crippen LogP contribution in [0, 0.1) is 0 Å². The smallest absolute Gasteiger partial charge is 0.163 e. The molecule has 6 heteroatoms. The van der Waals surface area contributed by atoms with Crippen LogP contribution in [0.15, 0.2) is 91.8 Å². The van der Waals surface area contributed by atoms with Gasteiger partial charge in [0.1, 0.15) is 5.69 Å². The summed E-state index contributed by atoms with van der Waals surface area (Å²) in [7, 11) is 0. The highest BCUT2D eigenvalue weighted by molar-refractivity contribution is 6.01. The van der Waals surface area contributed by atoms with Crippen LogP contribution in [0.3, 0.4) is 0 Å². The number of Topliss-reactive ketones (excluding diaryl/α,β-unsaturated/α-hetero) is 1. The molecule has 0 spiro atoms. The van der Waals surface area contributed by atoms with Gasteiger partial charge in [-0.1, -0.05) is 18.2 Å². The van der Waals surface area contributed by atoms with E-state index in [9.17, 15) is 4.79 Å². The Hall–Kier alpha value is -4.32. The van der Waals surface area contributed by atoms with E-state index >= 15 is 0 Å². The number of ketones is 1. The number of hydrogen-bond acceptors (Lipinski definition) is 5. The number of aryl methyl sites for hydroxylation is 1. The van der Waals surface area contributed by atoms with E-state index in [-0.39, 0.29) is 5.78 Å². The van der Waals surface area contributed by atoms with Crippen LogP contribution in [0.25, 0.3) is 28.1 Å². The van der Waals surface area contributed by atoms with Gasteiger partial charge < -0.3 is 4.90 Å². The number of benzene rings is 1. The topological polar surface area (TPSA) is 63.9 Å². The average Bonchev–Trinajstić information content (AvgIpc) is 3.49. The Kier molecular flexibility index (Phi) is 4.69. The lowest BCUT2D eigenvalue weighted by atomic mass is 9.98. The quantitative estimate of drug-likeness (QED) is 0.454. The van der Waals surface area contributed by atoms with Gasteiger partial charge in [-0.25, -0.2) is 4.68 Å². The molecular weight excluding hydrogens is 410 g/mol. The molecule has 0 N–H and O–H groups in total. The third-order valence-corrected chi connectivity index (χ3v) is 6.19. The molecule has 3 aromatic heterocycles. The van der Waals surface area contributed by atoms with Crippen molar-refractivity contribution >= 4 is 17.2 Å². The van der Waals surface area contributed by atoms with Gasteiger partial charge in [0.05, 0.1) is 5.70 Å². The third kappa shape index (κ3) is 3.55. The van der Waals surface area contributed by atoms with Crippen LogP contribution < -0.4 is 4.90 Å². The maximum atomic E-state index is 12.1. The molecule has 0 radical (unpaired) electrons. The van der Waals surface area contributed by atoms with Crippen molar-refractivity contribution in [1.82, 2.24) is 19.7 Å². The molecule has 0 fully saturated rings. The van der Waals surface area contributed by atoms with Crippen LogP contribution in [0.1, 0.15) is 22.3 Å². The number of nitrogens with zero attached hydrogens (tertiary/aromatic N) is 5. The van der Waals surface area contributed by atoms with Crippen molar-refractivity contribution in [2.75, 3.05) is 11.4 Å². The molecule has 0 atom stereocenters. The SMILES string of the molecule is O=C1CCc2cc(-c3cn(C4=CCN(c5ccncc5)C=C4)nc3-c3ccncc3)ccc21. The lowest BCUT2D eigenvalue weighted by molar-refractivity contribution is 0.0994. The molecule has 1 aliphatic heterocycles. The summed E-state index contributed by atoms with van der Waals surface area (Å²) in [5.74, 6) is 0.234. The molecule has 0 saturated carbocycles. The highest BCUT2D eigenvalue weighted by Gasteiger charge is 2.22. The minimum atomic E-state index is 0.234. The number of hydrogen-bond donors (Lipinski definition) is 0. The Balaban J connectivity index is 1.39. The molecule has 6 rings (SSSR count). The van der Waals surface area contributed by atoms with Crippen LogP contribution in [0.5, 0.6) is 0 Å². The first kappa shape index (κ1) is 19.4. The third-order valence-electron chi connectivity index (χ3n) is 6.19. The number of carbonyl (C=O) groups is 1. The second-order valence-electron chi connectivity index (χ2n) is 8.17. The summed E-state index contributed by atoms with van der Waals surface area (Å²) in [6.07, 6.45) is 16.9. The molecule has 4 aromatic rings. The fourth-order valence-electron chi connectivity index (χ4n) is 4.45. The molecule has 2 aliphatic rings. The molecule has 1 aliphatic carbocycles. The second-order valence-corrected chi connectivity index (χ2v) is 8.17. The largest absolute Gasteiger partial charge is 0.344 e. The Morgan fingerprint density at radius 3 is 2.36 bits per heavy atom. The van der Waals surface area contributed by atoms with Gasteiger partial charge in [0.2, 0.25) is 0 Å². The summed E-state index contributed by atoms with van der Waals surface area (Å²) in [4.78, 5) is 22.5. The Morgan fingerprint density at radius 1 is 0.818 bits per heavy atom. The highest BCUT2D eigenvalue weighted by Crippen LogP contribution is 2.35. The van der Waals surface area contributed by atoms with Crippen molar-refractivity contribution in [3.8, 4) is 22.4 Å². The zero-order valence-corrected chi connectivity index (χ0v) is 17.9. The molecule has 6 nitrogen and oxygen atoms in total. The van der Waals surface area contributed by atoms with Crippen molar-refractivity contribution < 1.29 is 4.79 Å². The molecule has 0 unspecified atom stereocenters. The van der Waals surface area contributed by atoms with E-state index in [0.29, 0.717) is 6.42 Å². The van der Waals surface area contributed by atoms with Gasteiger partial charge in [0.25, 0.3) is 0 Å². The number of rotatable bonds is 4. The van der Waals surface area contributed by atoms with Gasteiger partial charge in [0, 0.05) is 72.5 Å². The van der Waals surface area contributed by atoms with E-state index in [1.54, 1.807) is 24.8 Å². The first-order valence-corrected chi connectivity index (χ1v) is 11.0. The summed E-state index contributed by atoms with van der Waals surface area (Å²) in [6.45, 7) is 0.747. The second kappa shape index (κ2) is 7.98. The van der Waals surface area contributed by atoms with Crippen LogP contribution in [-0.4, -0.2) is 32.1 Å². The van der Waals surface area contributed by atoms with E-state index in [1.807, 2.05) is 41.1 Å². The molecule has 160 valence electrons. The minimum Gasteiger partial charge on any atom is -0.344 e. The summed E-state index contributed by atoms with van der Waals surface area (Å²) >= 11 is 0. The monoisotopic (exact) mass is 431 g/mol. The summed E-state index contributed by atoms with van der Waals surface area (Å²) in [5.41, 5.74) is 8.10. The molecule has 4 heterocycles. The van der Waals surface area contributed by atoms with Gasteiger partial charge >= 0.3 is 0 Å². The van der Waals surface area contributed by atoms with Crippen LogP contribution in [0.2, 0.25) is 0 Å². The highest BCUT2D eigenvalue weighted by atomic mass is 16.1. The lowest BCUT2D eigenvalue weighted by Gasteiger charge is -2.22. The van der Waals surface area contributed by atoms with Gasteiger partial charge in [-0.05, 0) is 54.0 Å². The molecular formula is C27H21N5O. The first-order chi connectivity index (χ1) is 16.3. The molecule has 0 bridgehead atoms. The van der Waals surface area contributed by atoms with E-state index < -0.39 is 0 Å². The fourth-order valence-corrected chi connectivity index (χ4v) is 4.45. The van der Waals surface area contributed by atoms with Gasteiger partial charge in [-0.2, -0.15) is 5.10 Å². The maximum Gasteiger partial charge on any atom is 0.163 e. The summed E-state index contributed by atoms with van der Waals surface area (Å²) in [5, 5.41) is 4.96. The molecule has 0 saturated heterocycles. The van der Waals surface area contributed by atoms with E-state index in [2.05, 4.69) is 45.5 Å². The molecule has 1 aromatic carbocycles. The Labute approximate surface area is 191 Å². The predicted octanol–water partition coefficient (Wildman–Crippen LogP) is 5.01. The standard InChI is InChI=1S/C27H21N5O/c33-26-4-2-20-17-21(1-3-24(20)26)25-18-32(30-27(25)19-5-11-28-12-6-19)23-9-15-31(16-10-23)22-7-13-29-14-8-22/h1,3,5-15,17-18H,2,4,16H2. The number of anilines is 1. The lowest BCUT2D eigenvalue weighted by Crippen LogP contribution is -2.19. The van der Waals surface area contributed by atoms with Crippen molar-refractivity contribution in [1.29, 1.82) is 0 Å². The Morgan fingerprint density at radius 2 is 1.61 bits per heavy atom. The molecule has 33 heavy (non-hydrogen) atoms. The van der Waals surface area contributed by atoms with Crippen molar-refractivity contribution in [3.05, 3.63) is 103 Å². The van der Waals surface area contributed by atoms with Gasteiger partial charge in [-0.3, -0.25) is 14.8 Å². The normalized spacial score (nSPS) is 15.0. The van der Waals surface area contributed by atoms with Crippen LogP contribution >= 0.6 is 0 Å². The predicted molar refractivity (Wildman–Crippen MR) is 129 cm³/mol. The zero-order chi connectivity index (χ0) is 22.2. The van der Waals surface area contributed by atoms with E-state index in [4.69, 9.17) is 5.10 Å². The summed E-state index contributed by atoms with van der Waals surface area (Å²) in [6, 6.07) is 14.1. The number of allylic oxidation sites excluding steroid dienone is 2. The molecule has 0 amide bonds. The number of carbonyl (C=O) groups excluding carboxylic acids is 1. The summed E-state index contributed by atoms with van der Waals surface area (Å²) < 4.78 is 1.93. The number of fused-ring (bicyclic) bond motifs is 1. The maximum absolute atomic E-state index is 12.1. The number of aromatic nitrogens is 4. The van der Waals surface area contributed by atoms with Gasteiger partial charge in [-0.15, -0.1) is 0 Å². The number of pyridine rings is 2. The Bertz CT molecular complexity index is 1400. The zero-order valence-electron chi connectivity index (χ0n) is 17.9. The van der Waals surface area contributed by atoms with Crippen molar-refractivity contribution in [2.45, 2.75) is 12.8 Å². The van der Waals surface area contributed by atoms with E-state index in [1.165, 1.54) is 0 Å². The van der Waals surface area contributed by atoms with Gasteiger partial charge in [0.15, 0.2) is 5.78 Å². The van der Waals surface area contributed by atoms with Crippen LogP contribution in [-0.2, 0) is 6.42 Å². The first-order valence-electron chi connectivity index (χ1n) is 11.0.